The lowest BCUT2D eigenvalue weighted by molar-refractivity contribution is 0.0454. The number of hydrogen-bond donors (Lipinski definition) is 0. The normalized spacial score (nSPS) is 20.0. The Kier molecular flexibility index (Phi) is 6.06. The number of hydrogen-bond acceptors (Lipinski definition) is 3. The predicted molar refractivity (Wildman–Crippen MR) is 66.0 cm³/mol. The molecule has 0 atom stereocenters. The molecular weight excluding hydrogens is 224 g/mol. The molecule has 0 bridgehead atoms. The summed E-state index contributed by atoms with van der Waals surface area (Å²) in [5.41, 5.74) is 0. The van der Waals surface area contributed by atoms with E-state index in [-0.39, 0.29) is 11.9 Å². The summed E-state index contributed by atoms with van der Waals surface area (Å²) in [6, 6.07) is 0. The summed E-state index contributed by atoms with van der Waals surface area (Å²) in [5, 5.41) is 1.01. The zero-order valence-corrected chi connectivity index (χ0v) is 10.7. The van der Waals surface area contributed by atoms with E-state index in [0.717, 1.165) is 18.2 Å². The third-order valence-electron chi connectivity index (χ3n) is 3.03. The quantitative estimate of drug-likeness (QED) is 0.749. The first-order chi connectivity index (χ1) is 7.64. The maximum Gasteiger partial charge on any atom is 0.173 e. The van der Waals surface area contributed by atoms with Crippen molar-refractivity contribution in [2.24, 2.45) is 0 Å². The van der Waals surface area contributed by atoms with Gasteiger partial charge in [-0.3, -0.25) is 0 Å². The van der Waals surface area contributed by atoms with Gasteiger partial charge in [-0.25, -0.2) is 8.42 Å². The fourth-order valence-electron chi connectivity index (χ4n) is 2.00. The highest BCUT2D eigenvalue weighted by Gasteiger charge is 2.13. The summed E-state index contributed by atoms with van der Waals surface area (Å²) >= 11 is 0. The van der Waals surface area contributed by atoms with Crippen molar-refractivity contribution in [2.45, 2.75) is 51.0 Å². The summed E-state index contributed by atoms with van der Waals surface area (Å²) in [5.74, 6) is 0.0625. The molecule has 0 heterocycles. The number of rotatable bonds is 5. The van der Waals surface area contributed by atoms with E-state index in [1.54, 1.807) is 0 Å². The molecule has 1 rings (SSSR count). The van der Waals surface area contributed by atoms with Gasteiger partial charge in [0.05, 0.1) is 18.5 Å². The van der Waals surface area contributed by atoms with Crippen molar-refractivity contribution < 1.29 is 13.2 Å². The third kappa shape index (κ3) is 5.66. The van der Waals surface area contributed by atoms with Crippen LogP contribution in [0.4, 0.5) is 0 Å². The Bertz CT molecular complexity index is 287. The average Bonchev–Trinajstić information content (AvgIpc) is 2.21. The highest BCUT2D eigenvalue weighted by Crippen LogP contribution is 2.19. The molecule has 16 heavy (non-hydrogen) atoms. The first kappa shape index (κ1) is 13.7. The van der Waals surface area contributed by atoms with Crippen molar-refractivity contribution in [2.75, 3.05) is 12.4 Å². The standard InChI is InChI=1S/C12H22O3S/c1-2-16(13,14)11-10-15-12-8-6-4-3-5-7-9-12/h2,12H,1,3-11H2. The van der Waals surface area contributed by atoms with Gasteiger partial charge in [-0.2, -0.15) is 0 Å². The molecule has 4 heteroatoms. The molecular formula is C12H22O3S. The second kappa shape index (κ2) is 7.07. The van der Waals surface area contributed by atoms with E-state index in [1.165, 1.54) is 32.1 Å². The van der Waals surface area contributed by atoms with Gasteiger partial charge in [0.15, 0.2) is 9.84 Å². The minimum Gasteiger partial charge on any atom is -0.377 e. The van der Waals surface area contributed by atoms with Gasteiger partial charge in [-0.1, -0.05) is 38.7 Å². The van der Waals surface area contributed by atoms with Gasteiger partial charge in [-0.15, -0.1) is 0 Å². The number of ether oxygens (including phenoxy) is 1. The van der Waals surface area contributed by atoms with Gasteiger partial charge in [0, 0.05) is 5.41 Å². The second-order valence-corrected chi connectivity index (χ2v) is 6.44. The molecule has 0 aliphatic heterocycles. The molecule has 1 fully saturated rings. The molecule has 0 radical (unpaired) electrons. The summed E-state index contributed by atoms with van der Waals surface area (Å²) in [6.07, 6.45) is 8.73. The smallest absolute Gasteiger partial charge is 0.173 e. The van der Waals surface area contributed by atoms with E-state index < -0.39 is 9.84 Å². The fraction of sp³-hybridized carbons (Fsp3) is 0.833. The van der Waals surface area contributed by atoms with Crippen LogP contribution in [0.5, 0.6) is 0 Å². The lowest BCUT2D eigenvalue weighted by atomic mass is 9.99. The van der Waals surface area contributed by atoms with Crippen molar-refractivity contribution in [3.05, 3.63) is 12.0 Å². The number of sulfone groups is 1. The van der Waals surface area contributed by atoms with Gasteiger partial charge in [-0.05, 0) is 12.8 Å². The van der Waals surface area contributed by atoms with E-state index >= 15 is 0 Å². The van der Waals surface area contributed by atoms with Crippen molar-refractivity contribution in [3.63, 3.8) is 0 Å². The van der Waals surface area contributed by atoms with Crippen LogP contribution < -0.4 is 0 Å². The van der Waals surface area contributed by atoms with Gasteiger partial charge in [0.2, 0.25) is 0 Å². The molecule has 0 N–H and O–H groups in total. The van der Waals surface area contributed by atoms with Crippen molar-refractivity contribution in [1.29, 1.82) is 0 Å². The van der Waals surface area contributed by atoms with E-state index in [4.69, 9.17) is 4.74 Å². The van der Waals surface area contributed by atoms with Crippen molar-refractivity contribution >= 4 is 9.84 Å². The molecule has 0 saturated heterocycles. The molecule has 1 aliphatic carbocycles. The van der Waals surface area contributed by atoms with Crippen LogP contribution in [0.3, 0.4) is 0 Å². The molecule has 3 nitrogen and oxygen atoms in total. The van der Waals surface area contributed by atoms with E-state index in [0.29, 0.717) is 6.61 Å². The van der Waals surface area contributed by atoms with Crippen LogP contribution in [0.25, 0.3) is 0 Å². The summed E-state index contributed by atoms with van der Waals surface area (Å²) in [6.45, 7) is 3.59. The summed E-state index contributed by atoms with van der Waals surface area (Å²) in [7, 11) is -3.10. The summed E-state index contributed by atoms with van der Waals surface area (Å²) < 4.78 is 28.0. The maximum atomic E-state index is 11.2. The Morgan fingerprint density at radius 3 is 2.25 bits per heavy atom. The Hall–Kier alpha value is -0.350. The van der Waals surface area contributed by atoms with Crippen molar-refractivity contribution in [3.8, 4) is 0 Å². The minimum absolute atomic E-state index is 0.0625. The van der Waals surface area contributed by atoms with Gasteiger partial charge < -0.3 is 4.74 Å². The van der Waals surface area contributed by atoms with Gasteiger partial charge in [0.1, 0.15) is 0 Å². The third-order valence-corrected chi connectivity index (χ3v) is 4.27. The highest BCUT2D eigenvalue weighted by atomic mass is 32.2. The zero-order valence-electron chi connectivity index (χ0n) is 9.86. The molecule has 94 valence electrons. The zero-order chi connectivity index (χ0) is 11.9. The highest BCUT2D eigenvalue weighted by molar-refractivity contribution is 7.94. The lowest BCUT2D eigenvalue weighted by Gasteiger charge is -2.19. The molecule has 1 aliphatic rings. The van der Waals surface area contributed by atoms with Gasteiger partial charge >= 0.3 is 0 Å². The van der Waals surface area contributed by atoms with Crippen LogP contribution in [0.2, 0.25) is 0 Å². The summed E-state index contributed by atoms with van der Waals surface area (Å²) in [4.78, 5) is 0. The van der Waals surface area contributed by atoms with Crippen LogP contribution >= 0.6 is 0 Å². The average molecular weight is 246 g/mol. The van der Waals surface area contributed by atoms with Crippen LogP contribution in [-0.2, 0) is 14.6 Å². The van der Waals surface area contributed by atoms with Crippen molar-refractivity contribution in [1.82, 2.24) is 0 Å². The Morgan fingerprint density at radius 2 is 1.69 bits per heavy atom. The van der Waals surface area contributed by atoms with Crippen LogP contribution in [-0.4, -0.2) is 26.9 Å². The second-order valence-electron chi connectivity index (χ2n) is 4.37. The molecule has 1 saturated carbocycles. The molecule has 0 spiro atoms. The molecule has 0 aromatic rings. The van der Waals surface area contributed by atoms with Crippen LogP contribution in [0.15, 0.2) is 12.0 Å². The maximum absolute atomic E-state index is 11.2. The largest absolute Gasteiger partial charge is 0.377 e. The molecule has 0 amide bonds. The fourth-order valence-corrected chi connectivity index (χ4v) is 2.49. The topological polar surface area (TPSA) is 43.4 Å². The SMILES string of the molecule is C=CS(=O)(=O)CCOC1CCCCCCC1. The Morgan fingerprint density at radius 1 is 1.12 bits per heavy atom. The van der Waals surface area contributed by atoms with E-state index in [2.05, 4.69) is 6.58 Å². The molecule has 0 aromatic carbocycles. The van der Waals surface area contributed by atoms with E-state index in [1.807, 2.05) is 0 Å². The lowest BCUT2D eigenvalue weighted by Crippen LogP contribution is -2.19. The molecule has 0 aromatic heterocycles. The first-order valence-corrected chi connectivity index (χ1v) is 7.82. The van der Waals surface area contributed by atoms with Crippen LogP contribution in [0.1, 0.15) is 44.9 Å². The van der Waals surface area contributed by atoms with E-state index in [9.17, 15) is 8.42 Å². The molecule has 0 unspecified atom stereocenters. The Labute approximate surface area is 98.8 Å². The van der Waals surface area contributed by atoms with Gasteiger partial charge in [0.25, 0.3) is 0 Å². The predicted octanol–water partition coefficient (Wildman–Crippen LogP) is 2.67. The van der Waals surface area contributed by atoms with Crippen LogP contribution in [0, 0.1) is 0 Å². The first-order valence-electron chi connectivity index (χ1n) is 6.11. The minimum atomic E-state index is -3.10. The monoisotopic (exact) mass is 246 g/mol. The Balaban J connectivity index is 2.22.